The molecule has 140 valence electrons. The van der Waals surface area contributed by atoms with Crippen LogP contribution in [0.3, 0.4) is 0 Å². The third kappa shape index (κ3) is 4.59. The molecule has 1 aromatic carbocycles. The first kappa shape index (κ1) is 21.2. The molecule has 0 spiro atoms. The molecule has 0 saturated heterocycles. The van der Waals surface area contributed by atoms with E-state index in [4.69, 9.17) is 9.47 Å². The van der Waals surface area contributed by atoms with Gasteiger partial charge in [0.15, 0.2) is 5.78 Å². The third-order valence-electron chi connectivity index (χ3n) is 3.91. The number of aryl methyl sites for hydroxylation is 2. The molecule has 0 fully saturated rings. The Morgan fingerprint density at radius 1 is 0.962 bits per heavy atom. The Morgan fingerprint density at radius 3 is 1.81 bits per heavy atom. The van der Waals surface area contributed by atoms with E-state index in [1.54, 1.807) is 27.7 Å². The van der Waals surface area contributed by atoms with Gasteiger partial charge in [-0.3, -0.25) is 4.79 Å². The number of ketones is 1. The van der Waals surface area contributed by atoms with E-state index in [1.165, 1.54) is 12.1 Å². The molecule has 0 atom stereocenters. The van der Waals surface area contributed by atoms with Crippen molar-refractivity contribution in [3.05, 3.63) is 53.1 Å². The SMILES string of the molecule is C=C(C(=O)OCC)C(C(=C)C(=O)OCC)C(=O)c1cc(C)c(C)cc1O. The lowest BCUT2D eigenvalue weighted by molar-refractivity contribution is -0.139. The number of carbonyl (C=O) groups is 3. The summed E-state index contributed by atoms with van der Waals surface area (Å²) in [6.45, 7) is 14.2. The predicted octanol–water partition coefficient (Wildman–Crippen LogP) is 3.05. The third-order valence-corrected chi connectivity index (χ3v) is 3.91. The summed E-state index contributed by atoms with van der Waals surface area (Å²) in [7, 11) is 0. The van der Waals surface area contributed by atoms with E-state index < -0.39 is 23.6 Å². The fourth-order valence-electron chi connectivity index (χ4n) is 2.36. The molecule has 0 bridgehead atoms. The van der Waals surface area contributed by atoms with Crippen molar-refractivity contribution in [1.29, 1.82) is 0 Å². The van der Waals surface area contributed by atoms with Gasteiger partial charge in [0, 0.05) is 11.1 Å². The number of aromatic hydroxyl groups is 1. The number of hydrogen-bond donors (Lipinski definition) is 1. The van der Waals surface area contributed by atoms with Crippen LogP contribution < -0.4 is 0 Å². The largest absolute Gasteiger partial charge is 0.507 e. The quantitative estimate of drug-likeness (QED) is 0.435. The summed E-state index contributed by atoms with van der Waals surface area (Å²) in [5.74, 6) is -3.96. The van der Waals surface area contributed by atoms with Gasteiger partial charge in [-0.1, -0.05) is 13.2 Å². The number of Topliss-reactive ketones (excluding diaryl/α,β-unsaturated/α-hetero) is 1. The van der Waals surface area contributed by atoms with Gasteiger partial charge in [0.2, 0.25) is 0 Å². The second-order valence-corrected chi connectivity index (χ2v) is 5.74. The normalized spacial score (nSPS) is 10.3. The van der Waals surface area contributed by atoms with Crippen LogP contribution in [0, 0.1) is 19.8 Å². The van der Waals surface area contributed by atoms with Crippen LogP contribution in [0.1, 0.15) is 35.3 Å². The highest BCUT2D eigenvalue weighted by Gasteiger charge is 2.35. The van der Waals surface area contributed by atoms with Gasteiger partial charge in [-0.15, -0.1) is 0 Å². The molecule has 26 heavy (non-hydrogen) atoms. The monoisotopic (exact) mass is 360 g/mol. The van der Waals surface area contributed by atoms with E-state index in [0.29, 0.717) is 0 Å². The van der Waals surface area contributed by atoms with Crippen molar-refractivity contribution in [2.75, 3.05) is 13.2 Å². The number of phenols is 1. The molecule has 0 radical (unpaired) electrons. The lowest BCUT2D eigenvalue weighted by atomic mass is 9.84. The zero-order chi connectivity index (χ0) is 20.0. The highest BCUT2D eigenvalue weighted by Crippen LogP contribution is 2.30. The van der Waals surface area contributed by atoms with E-state index in [2.05, 4.69) is 13.2 Å². The summed E-state index contributed by atoms with van der Waals surface area (Å²) in [5.41, 5.74) is 1.05. The van der Waals surface area contributed by atoms with Crippen molar-refractivity contribution < 1.29 is 29.0 Å². The second kappa shape index (κ2) is 8.99. The Kier molecular flexibility index (Phi) is 7.31. The molecular weight excluding hydrogens is 336 g/mol. The van der Waals surface area contributed by atoms with E-state index in [9.17, 15) is 19.5 Å². The van der Waals surface area contributed by atoms with Crippen molar-refractivity contribution in [3.63, 3.8) is 0 Å². The van der Waals surface area contributed by atoms with Gasteiger partial charge in [-0.25, -0.2) is 9.59 Å². The fourth-order valence-corrected chi connectivity index (χ4v) is 2.36. The molecule has 1 aromatic rings. The zero-order valence-corrected chi connectivity index (χ0v) is 15.5. The lowest BCUT2D eigenvalue weighted by Gasteiger charge is -2.20. The summed E-state index contributed by atoms with van der Waals surface area (Å²) in [5, 5.41) is 10.2. The van der Waals surface area contributed by atoms with Crippen LogP contribution in [0.15, 0.2) is 36.4 Å². The van der Waals surface area contributed by atoms with Crippen LogP contribution in [-0.4, -0.2) is 36.0 Å². The van der Waals surface area contributed by atoms with Crippen LogP contribution in [0.25, 0.3) is 0 Å². The minimum absolute atomic E-state index is 0.0333. The number of ether oxygens (including phenoxy) is 2. The Balaban J connectivity index is 3.40. The highest BCUT2D eigenvalue weighted by atomic mass is 16.5. The van der Waals surface area contributed by atoms with Gasteiger partial charge in [0.25, 0.3) is 0 Å². The maximum absolute atomic E-state index is 13.0. The number of phenolic OH excluding ortho intramolecular Hbond substituents is 1. The molecule has 1 rings (SSSR count). The number of benzene rings is 1. The Morgan fingerprint density at radius 2 is 1.38 bits per heavy atom. The second-order valence-electron chi connectivity index (χ2n) is 5.74. The Labute approximate surface area is 153 Å². The molecule has 0 saturated carbocycles. The lowest BCUT2D eigenvalue weighted by Crippen LogP contribution is -2.28. The van der Waals surface area contributed by atoms with Gasteiger partial charge >= 0.3 is 11.9 Å². The van der Waals surface area contributed by atoms with E-state index in [1.807, 2.05) is 0 Å². The minimum atomic E-state index is -1.39. The molecule has 0 amide bonds. The van der Waals surface area contributed by atoms with Crippen molar-refractivity contribution in [2.45, 2.75) is 27.7 Å². The van der Waals surface area contributed by atoms with Crippen LogP contribution in [0.5, 0.6) is 5.75 Å². The summed E-state index contributed by atoms with van der Waals surface area (Å²) < 4.78 is 9.77. The molecule has 0 aliphatic rings. The van der Waals surface area contributed by atoms with Crippen molar-refractivity contribution in [3.8, 4) is 5.75 Å². The highest BCUT2D eigenvalue weighted by molar-refractivity contribution is 6.12. The Hall–Kier alpha value is -2.89. The topological polar surface area (TPSA) is 89.9 Å². The summed E-state index contributed by atoms with van der Waals surface area (Å²) in [6, 6.07) is 2.94. The minimum Gasteiger partial charge on any atom is -0.507 e. The average molecular weight is 360 g/mol. The standard InChI is InChI=1S/C20H24O6/c1-7-25-19(23)13(5)17(14(6)20(24)26-8-2)18(22)15-9-11(3)12(4)10-16(15)21/h9-10,17,21H,5-8H2,1-4H3. The Bertz CT molecular complexity index is 730. The molecule has 0 unspecified atom stereocenters. The van der Waals surface area contributed by atoms with Gasteiger partial charge in [-0.2, -0.15) is 0 Å². The number of esters is 2. The molecule has 0 aliphatic heterocycles. The number of hydrogen-bond acceptors (Lipinski definition) is 6. The fraction of sp³-hybridized carbons (Fsp3) is 0.350. The molecule has 0 aliphatic carbocycles. The van der Waals surface area contributed by atoms with Gasteiger partial charge in [0.05, 0.1) is 24.7 Å². The molecule has 6 heteroatoms. The van der Waals surface area contributed by atoms with E-state index in [-0.39, 0.29) is 35.7 Å². The summed E-state index contributed by atoms with van der Waals surface area (Å²) in [6.07, 6.45) is 0. The van der Waals surface area contributed by atoms with Crippen LogP contribution in [-0.2, 0) is 19.1 Å². The van der Waals surface area contributed by atoms with Crippen LogP contribution in [0.2, 0.25) is 0 Å². The molecule has 0 heterocycles. The molecule has 6 nitrogen and oxygen atoms in total. The first-order valence-electron chi connectivity index (χ1n) is 8.21. The number of carbonyl (C=O) groups excluding carboxylic acids is 3. The van der Waals surface area contributed by atoms with Crippen molar-refractivity contribution >= 4 is 17.7 Å². The smallest absolute Gasteiger partial charge is 0.334 e. The summed E-state index contributed by atoms with van der Waals surface area (Å²) in [4.78, 5) is 37.2. The maximum atomic E-state index is 13.0. The molecule has 0 aromatic heterocycles. The van der Waals surface area contributed by atoms with Crippen LogP contribution >= 0.6 is 0 Å². The predicted molar refractivity (Wildman–Crippen MR) is 96.9 cm³/mol. The average Bonchev–Trinajstić information content (AvgIpc) is 2.58. The maximum Gasteiger partial charge on any atom is 0.334 e. The first-order chi connectivity index (χ1) is 12.1. The zero-order valence-electron chi connectivity index (χ0n) is 15.5. The summed E-state index contributed by atoms with van der Waals surface area (Å²) >= 11 is 0. The number of rotatable bonds is 8. The first-order valence-corrected chi connectivity index (χ1v) is 8.21. The molecule has 1 N–H and O–H groups in total. The van der Waals surface area contributed by atoms with Crippen LogP contribution in [0.4, 0.5) is 0 Å². The van der Waals surface area contributed by atoms with Crippen molar-refractivity contribution in [1.82, 2.24) is 0 Å². The van der Waals surface area contributed by atoms with E-state index in [0.717, 1.165) is 11.1 Å². The van der Waals surface area contributed by atoms with Gasteiger partial charge in [-0.05, 0) is 51.0 Å². The van der Waals surface area contributed by atoms with Gasteiger partial charge in [0.1, 0.15) is 5.75 Å². The van der Waals surface area contributed by atoms with E-state index >= 15 is 0 Å². The van der Waals surface area contributed by atoms with Gasteiger partial charge < -0.3 is 14.6 Å². The molecular formula is C20H24O6. The van der Waals surface area contributed by atoms with Crippen molar-refractivity contribution in [2.24, 2.45) is 5.92 Å².